The Bertz CT molecular complexity index is 1170. The molecule has 8 heteroatoms. The van der Waals surface area contributed by atoms with Crippen LogP contribution in [0.3, 0.4) is 0 Å². The highest BCUT2D eigenvalue weighted by molar-refractivity contribution is 5.77. The summed E-state index contributed by atoms with van der Waals surface area (Å²) in [5.41, 5.74) is 1.04. The zero-order valence-corrected chi connectivity index (χ0v) is 16.7. The maximum atomic E-state index is 12.7. The number of rotatable bonds is 6. The summed E-state index contributed by atoms with van der Waals surface area (Å²) in [6.45, 7) is 4.39. The van der Waals surface area contributed by atoms with Gasteiger partial charge < -0.3 is 14.0 Å². The molecule has 0 fully saturated rings. The summed E-state index contributed by atoms with van der Waals surface area (Å²) >= 11 is 0. The van der Waals surface area contributed by atoms with Gasteiger partial charge in [-0.1, -0.05) is 12.1 Å². The number of ether oxygens (including phenoxy) is 2. The van der Waals surface area contributed by atoms with Crippen molar-refractivity contribution in [3.8, 4) is 11.5 Å². The average Bonchev–Trinajstić information content (AvgIpc) is 3.03. The molecule has 28 heavy (non-hydrogen) atoms. The molecular formula is C20H24N4O4. The third kappa shape index (κ3) is 3.11. The van der Waals surface area contributed by atoms with Gasteiger partial charge in [0.05, 0.1) is 14.2 Å². The lowest BCUT2D eigenvalue weighted by Crippen LogP contribution is -2.39. The molecule has 3 rings (SSSR count). The minimum absolute atomic E-state index is 0.315. The van der Waals surface area contributed by atoms with Crippen molar-refractivity contribution >= 4 is 23.3 Å². The van der Waals surface area contributed by atoms with E-state index in [1.165, 1.54) is 9.13 Å². The second kappa shape index (κ2) is 7.75. The molecule has 0 amide bonds. The van der Waals surface area contributed by atoms with Gasteiger partial charge in [-0.15, -0.1) is 0 Å². The number of aromatic nitrogens is 4. The Morgan fingerprint density at radius 3 is 2.29 bits per heavy atom. The summed E-state index contributed by atoms with van der Waals surface area (Å²) in [4.78, 5) is 29.8. The van der Waals surface area contributed by atoms with Crippen LogP contribution in [-0.2, 0) is 20.1 Å². The van der Waals surface area contributed by atoms with Crippen molar-refractivity contribution in [1.82, 2.24) is 18.7 Å². The molecule has 0 bridgehead atoms. The Morgan fingerprint density at radius 1 is 1.00 bits per heavy atom. The monoisotopic (exact) mass is 383 g/mol. The van der Waals surface area contributed by atoms with Crippen molar-refractivity contribution < 1.29 is 9.47 Å². The normalized spacial score (nSPS) is 11.5. The van der Waals surface area contributed by atoms with E-state index < -0.39 is 0 Å². The summed E-state index contributed by atoms with van der Waals surface area (Å²) < 4.78 is 15.0. The topological polar surface area (TPSA) is 80.3 Å². The minimum Gasteiger partial charge on any atom is -0.493 e. The molecule has 0 aliphatic heterocycles. The zero-order chi connectivity index (χ0) is 20.4. The first-order chi connectivity index (χ1) is 13.5. The number of aryl methyl sites for hydroxylation is 2. The summed E-state index contributed by atoms with van der Waals surface area (Å²) in [6.07, 6.45) is 3.68. The van der Waals surface area contributed by atoms with Crippen LogP contribution in [0, 0.1) is 0 Å². The van der Waals surface area contributed by atoms with E-state index in [1.807, 2.05) is 31.2 Å². The van der Waals surface area contributed by atoms with Crippen molar-refractivity contribution in [1.29, 1.82) is 0 Å². The van der Waals surface area contributed by atoms with Gasteiger partial charge in [-0.25, -0.2) is 9.78 Å². The molecule has 8 nitrogen and oxygen atoms in total. The van der Waals surface area contributed by atoms with E-state index >= 15 is 0 Å². The fourth-order valence-corrected chi connectivity index (χ4v) is 3.22. The van der Waals surface area contributed by atoms with Gasteiger partial charge in [-0.3, -0.25) is 13.9 Å². The Morgan fingerprint density at radius 2 is 1.68 bits per heavy atom. The van der Waals surface area contributed by atoms with Crippen LogP contribution < -0.4 is 20.7 Å². The summed E-state index contributed by atoms with van der Waals surface area (Å²) in [5.74, 6) is 1.85. The number of methoxy groups -OCH3 is 2. The fourth-order valence-electron chi connectivity index (χ4n) is 3.22. The Hall–Kier alpha value is -3.29. The van der Waals surface area contributed by atoms with Gasteiger partial charge in [-0.05, 0) is 37.6 Å². The quantitative estimate of drug-likeness (QED) is 0.651. The summed E-state index contributed by atoms with van der Waals surface area (Å²) in [7, 11) is 4.94. The van der Waals surface area contributed by atoms with E-state index in [0.29, 0.717) is 41.6 Å². The highest BCUT2D eigenvalue weighted by atomic mass is 16.5. The van der Waals surface area contributed by atoms with Crippen LogP contribution in [0.2, 0.25) is 0 Å². The molecule has 0 saturated heterocycles. The van der Waals surface area contributed by atoms with E-state index in [9.17, 15) is 9.59 Å². The Kier molecular flexibility index (Phi) is 5.39. The minimum atomic E-state index is -0.337. The maximum absolute atomic E-state index is 12.7. The van der Waals surface area contributed by atoms with Gasteiger partial charge in [0.15, 0.2) is 22.7 Å². The standard InChI is InChI=1S/C20H24N4O4/c1-6-23-18-17(19(25)24(7-2)20(23)26)22(3)16(21-18)11-9-13-8-10-14(27-4)15(12-13)28-5/h8-12H,6-7H2,1-5H3/b11-9+/i4-1. The van der Waals surface area contributed by atoms with Crippen LogP contribution in [0.25, 0.3) is 23.3 Å². The maximum Gasteiger partial charge on any atom is 0.332 e. The number of imidazole rings is 1. The molecule has 0 atom stereocenters. The van der Waals surface area contributed by atoms with Gasteiger partial charge in [0.1, 0.15) is 5.82 Å². The number of hydrogen-bond acceptors (Lipinski definition) is 5. The molecule has 0 saturated carbocycles. The van der Waals surface area contributed by atoms with Crippen molar-refractivity contribution in [2.24, 2.45) is 7.05 Å². The number of nitrogens with zero attached hydrogens (tertiary/aromatic N) is 4. The Labute approximate surface area is 162 Å². The zero-order valence-electron chi connectivity index (χ0n) is 16.7. The smallest absolute Gasteiger partial charge is 0.332 e. The highest BCUT2D eigenvalue weighted by Crippen LogP contribution is 2.28. The van der Waals surface area contributed by atoms with Crippen LogP contribution in [0.15, 0.2) is 27.8 Å². The first-order valence-electron chi connectivity index (χ1n) is 9.06. The molecule has 1 aromatic carbocycles. The first kappa shape index (κ1) is 19.5. The third-order valence-corrected chi connectivity index (χ3v) is 4.74. The first-order valence-corrected chi connectivity index (χ1v) is 9.06. The lowest BCUT2D eigenvalue weighted by molar-refractivity contribution is 0.355. The van der Waals surface area contributed by atoms with Gasteiger partial charge in [0.2, 0.25) is 0 Å². The molecule has 3 aromatic rings. The van der Waals surface area contributed by atoms with E-state index in [-0.39, 0.29) is 11.2 Å². The summed E-state index contributed by atoms with van der Waals surface area (Å²) in [5, 5.41) is 0. The van der Waals surface area contributed by atoms with Gasteiger partial charge in [0, 0.05) is 20.1 Å². The van der Waals surface area contributed by atoms with Crippen LogP contribution in [0.4, 0.5) is 0 Å². The third-order valence-electron chi connectivity index (χ3n) is 4.74. The number of benzene rings is 1. The van der Waals surface area contributed by atoms with Crippen molar-refractivity contribution in [2.45, 2.75) is 26.9 Å². The van der Waals surface area contributed by atoms with Crippen molar-refractivity contribution in [2.75, 3.05) is 14.2 Å². The molecule has 0 N–H and O–H groups in total. The van der Waals surface area contributed by atoms with Gasteiger partial charge in [-0.2, -0.15) is 0 Å². The van der Waals surface area contributed by atoms with Crippen molar-refractivity contribution in [3.63, 3.8) is 0 Å². The number of hydrogen-bond donors (Lipinski definition) is 0. The molecule has 0 radical (unpaired) electrons. The van der Waals surface area contributed by atoms with Crippen LogP contribution in [0.1, 0.15) is 25.2 Å². The molecule has 2 aromatic heterocycles. The molecular weight excluding hydrogens is 359 g/mol. The molecule has 0 spiro atoms. The predicted molar refractivity (Wildman–Crippen MR) is 109 cm³/mol. The fraction of sp³-hybridized carbons (Fsp3) is 0.350. The SMILES string of the molecule is CCn1c(=O)c2c(nc(/C=C/c3ccc(O[11CH3])c(OC)c3)n2C)n(CC)c1=O. The summed E-state index contributed by atoms with van der Waals surface area (Å²) in [6, 6.07) is 5.57. The second-order valence-electron chi connectivity index (χ2n) is 6.23. The Balaban J connectivity index is 2.14. The second-order valence-corrected chi connectivity index (χ2v) is 6.23. The van der Waals surface area contributed by atoms with Crippen LogP contribution in [-0.4, -0.2) is 32.9 Å². The van der Waals surface area contributed by atoms with Gasteiger partial charge >= 0.3 is 5.69 Å². The van der Waals surface area contributed by atoms with Crippen molar-refractivity contribution in [3.05, 3.63) is 50.4 Å². The lowest BCUT2D eigenvalue weighted by Gasteiger charge is -2.08. The highest BCUT2D eigenvalue weighted by Gasteiger charge is 2.17. The number of fused-ring (bicyclic) bond motifs is 1. The van der Waals surface area contributed by atoms with E-state index in [0.717, 1.165) is 5.56 Å². The lowest BCUT2D eigenvalue weighted by atomic mass is 10.2. The van der Waals surface area contributed by atoms with E-state index in [2.05, 4.69) is 4.98 Å². The molecule has 2 heterocycles. The average molecular weight is 383 g/mol. The predicted octanol–water partition coefficient (Wildman–Crippen LogP) is 2.12. The van der Waals surface area contributed by atoms with E-state index in [1.54, 1.807) is 38.8 Å². The van der Waals surface area contributed by atoms with Crippen LogP contribution >= 0.6 is 0 Å². The van der Waals surface area contributed by atoms with Crippen LogP contribution in [0.5, 0.6) is 11.5 Å². The molecule has 0 unspecified atom stereocenters. The largest absolute Gasteiger partial charge is 0.493 e. The molecule has 148 valence electrons. The van der Waals surface area contributed by atoms with E-state index in [4.69, 9.17) is 9.47 Å². The molecule has 0 aliphatic rings. The van der Waals surface area contributed by atoms with Gasteiger partial charge in [0.25, 0.3) is 5.56 Å². The molecule has 0 aliphatic carbocycles.